The van der Waals surface area contributed by atoms with Gasteiger partial charge in [-0.25, -0.2) is 0 Å². The average molecular weight is 201 g/mol. The third kappa shape index (κ3) is 1.35. The summed E-state index contributed by atoms with van der Waals surface area (Å²) in [5.74, 6) is -0.957. The molecule has 0 fully saturated rings. The second-order valence-electron chi connectivity index (χ2n) is 1.66. The Balaban J connectivity index is 3.15. The van der Waals surface area contributed by atoms with Gasteiger partial charge in [0.05, 0.1) is 0 Å². The summed E-state index contributed by atoms with van der Waals surface area (Å²) < 4.78 is 0.426. The third-order valence-corrected chi connectivity index (χ3v) is 1.68. The molecule has 0 aliphatic rings. The topological polar surface area (TPSA) is 50.2 Å². The molecule has 1 N–H and O–H groups in total. The number of hydrogen-bond acceptors (Lipinski definition) is 2. The molecule has 0 aromatic carbocycles. The van der Waals surface area contributed by atoms with E-state index in [2.05, 4.69) is 21.0 Å². The van der Waals surface area contributed by atoms with Crippen LogP contribution in [0.4, 0.5) is 0 Å². The Bertz CT molecular complexity index is 262. The van der Waals surface area contributed by atoms with Crippen LogP contribution in [-0.4, -0.2) is 32.1 Å². The molecule has 4 heteroatoms. The first-order chi connectivity index (χ1) is 4.72. The van der Waals surface area contributed by atoms with Gasteiger partial charge in [0.15, 0.2) is 0 Å². The summed E-state index contributed by atoms with van der Waals surface area (Å²) in [6.07, 6.45) is 1.54. The third-order valence-electron chi connectivity index (χ3n) is 1.00. The first-order valence-electron chi connectivity index (χ1n) is 2.57. The van der Waals surface area contributed by atoms with Crippen molar-refractivity contribution >= 4 is 26.6 Å². The number of pyridine rings is 1. The summed E-state index contributed by atoms with van der Waals surface area (Å²) in [6, 6.07) is 3.09. The molecule has 0 unspecified atom stereocenters. The van der Waals surface area contributed by atoms with E-state index in [1.165, 1.54) is 12.3 Å². The number of carboxylic acids is 1. The molecule has 1 radical (unpaired) electrons. The summed E-state index contributed by atoms with van der Waals surface area (Å²) in [4.78, 5) is 14.1. The fraction of sp³-hybridized carbons (Fsp3) is 0. The maximum atomic E-state index is 10.4. The molecule has 1 heterocycles. The number of nitrogens with zero attached hydrogens (tertiary/aromatic N) is 1. The molecule has 0 saturated carbocycles. The number of aromatic carboxylic acids is 1. The van der Waals surface area contributed by atoms with Gasteiger partial charge in [-0.2, -0.15) is 0 Å². The van der Waals surface area contributed by atoms with Gasteiger partial charge in [-0.3, -0.25) is 0 Å². The van der Waals surface area contributed by atoms with Crippen LogP contribution in [-0.2, 0) is 0 Å². The Morgan fingerprint density at radius 3 is 2.80 bits per heavy atom. The van der Waals surface area contributed by atoms with Gasteiger partial charge in [-0.15, -0.1) is 0 Å². The van der Waals surface area contributed by atoms with Crippen molar-refractivity contribution in [1.29, 1.82) is 0 Å². The first kappa shape index (κ1) is 7.25. The second-order valence-corrected chi connectivity index (χ2v) is 2.47. The molecular weight excluding hydrogens is 197 g/mol. The van der Waals surface area contributed by atoms with Gasteiger partial charge < -0.3 is 0 Å². The standard InChI is InChI=1S/C6H4NO2Se/c8-6(9)4-2-1-3-7-5(4)10/h1-3H,(H,8,9). The quantitative estimate of drug-likeness (QED) is 0.627. The fourth-order valence-electron chi connectivity index (χ4n) is 0.554. The predicted octanol–water partition coefficient (Wildman–Crippen LogP) is -0.426. The molecule has 0 aliphatic heterocycles. The molecule has 0 aliphatic carbocycles. The van der Waals surface area contributed by atoms with Crippen LogP contribution in [0, 0.1) is 0 Å². The maximum absolute atomic E-state index is 10.4. The Kier molecular flexibility index (Phi) is 2.04. The SMILES string of the molecule is O=C(O)c1cccnc1[Se]. The van der Waals surface area contributed by atoms with E-state index in [0.717, 1.165) is 0 Å². The van der Waals surface area contributed by atoms with Gasteiger partial charge in [0.2, 0.25) is 0 Å². The van der Waals surface area contributed by atoms with Crippen molar-refractivity contribution in [3.05, 3.63) is 23.9 Å². The summed E-state index contributed by atoms with van der Waals surface area (Å²) >= 11 is 2.56. The van der Waals surface area contributed by atoms with E-state index in [1.54, 1.807) is 6.07 Å². The van der Waals surface area contributed by atoms with Crippen molar-refractivity contribution in [2.24, 2.45) is 0 Å². The van der Waals surface area contributed by atoms with Crippen molar-refractivity contribution in [2.75, 3.05) is 0 Å². The number of carboxylic acid groups (broad SMARTS) is 1. The van der Waals surface area contributed by atoms with Crippen molar-refractivity contribution in [3.63, 3.8) is 0 Å². The Morgan fingerprint density at radius 1 is 1.70 bits per heavy atom. The minimum atomic E-state index is -0.957. The van der Waals surface area contributed by atoms with Crippen molar-refractivity contribution < 1.29 is 9.90 Å². The zero-order valence-electron chi connectivity index (χ0n) is 4.94. The Hall–Kier alpha value is -0.861. The van der Waals surface area contributed by atoms with Crippen molar-refractivity contribution in [3.8, 4) is 0 Å². The Morgan fingerprint density at radius 2 is 2.40 bits per heavy atom. The van der Waals surface area contributed by atoms with Crippen LogP contribution in [0.5, 0.6) is 0 Å². The Labute approximate surface area is 65.9 Å². The first-order valence-corrected chi connectivity index (χ1v) is 3.43. The van der Waals surface area contributed by atoms with Crippen LogP contribution >= 0.6 is 0 Å². The number of aromatic nitrogens is 1. The van der Waals surface area contributed by atoms with Gasteiger partial charge in [0.25, 0.3) is 0 Å². The van der Waals surface area contributed by atoms with Gasteiger partial charge in [-0.05, 0) is 0 Å². The zero-order valence-corrected chi connectivity index (χ0v) is 6.66. The van der Waals surface area contributed by atoms with Crippen LogP contribution in [0.1, 0.15) is 10.4 Å². The zero-order chi connectivity index (χ0) is 7.56. The van der Waals surface area contributed by atoms with E-state index in [1.807, 2.05) is 0 Å². The normalized spacial score (nSPS) is 9.20. The molecule has 0 saturated heterocycles. The van der Waals surface area contributed by atoms with Crippen molar-refractivity contribution in [1.82, 2.24) is 4.98 Å². The molecular formula is C6H4NO2Se. The van der Waals surface area contributed by atoms with Crippen LogP contribution < -0.4 is 4.59 Å². The molecule has 0 spiro atoms. The molecule has 3 nitrogen and oxygen atoms in total. The second kappa shape index (κ2) is 2.82. The molecule has 1 rings (SSSR count). The van der Waals surface area contributed by atoms with Gasteiger partial charge in [-0.1, -0.05) is 0 Å². The van der Waals surface area contributed by atoms with E-state index in [0.29, 0.717) is 4.59 Å². The molecule has 1 aromatic heterocycles. The molecule has 1 aromatic rings. The average Bonchev–Trinajstić information content (AvgIpc) is 1.88. The van der Waals surface area contributed by atoms with E-state index < -0.39 is 5.97 Å². The van der Waals surface area contributed by atoms with Gasteiger partial charge in [0.1, 0.15) is 0 Å². The van der Waals surface area contributed by atoms with E-state index in [4.69, 9.17) is 5.11 Å². The number of rotatable bonds is 1. The molecule has 0 amide bonds. The van der Waals surface area contributed by atoms with Gasteiger partial charge in [0, 0.05) is 0 Å². The van der Waals surface area contributed by atoms with Gasteiger partial charge >= 0.3 is 65.4 Å². The van der Waals surface area contributed by atoms with E-state index in [9.17, 15) is 4.79 Å². The van der Waals surface area contributed by atoms with Crippen LogP contribution in [0.25, 0.3) is 0 Å². The molecule has 0 atom stereocenters. The van der Waals surface area contributed by atoms with Crippen LogP contribution in [0.3, 0.4) is 0 Å². The van der Waals surface area contributed by atoms with Crippen molar-refractivity contribution in [2.45, 2.75) is 0 Å². The fourth-order valence-corrected chi connectivity index (χ4v) is 1.01. The minimum absolute atomic E-state index is 0.211. The summed E-state index contributed by atoms with van der Waals surface area (Å²) in [7, 11) is 0. The molecule has 0 bridgehead atoms. The summed E-state index contributed by atoms with van der Waals surface area (Å²) in [5.41, 5.74) is 0.211. The van der Waals surface area contributed by atoms with E-state index >= 15 is 0 Å². The predicted molar refractivity (Wildman–Crippen MR) is 36.6 cm³/mol. The van der Waals surface area contributed by atoms with Crippen LogP contribution in [0.15, 0.2) is 18.3 Å². The number of carbonyl (C=O) groups is 1. The van der Waals surface area contributed by atoms with E-state index in [-0.39, 0.29) is 5.56 Å². The van der Waals surface area contributed by atoms with Crippen LogP contribution in [0.2, 0.25) is 0 Å². The number of hydrogen-bond donors (Lipinski definition) is 1. The molecule has 51 valence electrons. The summed E-state index contributed by atoms with van der Waals surface area (Å²) in [6.45, 7) is 0. The monoisotopic (exact) mass is 202 g/mol. The summed E-state index contributed by atoms with van der Waals surface area (Å²) in [5, 5.41) is 8.51. The molecule has 10 heavy (non-hydrogen) atoms.